The van der Waals surface area contributed by atoms with Crippen LogP contribution in [0.1, 0.15) is 80.3 Å². The van der Waals surface area contributed by atoms with Crippen molar-refractivity contribution < 1.29 is 0 Å². The zero-order valence-electron chi connectivity index (χ0n) is 13.9. The summed E-state index contributed by atoms with van der Waals surface area (Å²) in [5, 5.41) is 5.39. The molecule has 2 nitrogen and oxygen atoms in total. The molecule has 2 unspecified atom stereocenters. The fraction of sp³-hybridized carbons (Fsp3) is 0.833. The number of hydrogen-bond acceptors (Lipinski definition) is 3. The summed E-state index contributed by atoms with van der Waals surface area (Å²) < 4.78 is 0. The standard InChI is InChI=1S/C18H30N2S/c1-4-6-15-7-5-11-18(12-10-15,20-16-8-9-16)17-19-13(2)14(3)21-17/h15-16,20H,4-12H2,1-3H3. The molecule has 0 bridgehead atoms. The van der Waals surface area contributed by atoms with E-state index in [0.717, 1.165) is 12.0 Å². The first kappa shape index (κ1) is 15.5. The highest BCUT2D eigenvalue weighted by Gasteiger charge is 2.41. The molecule has 1 aromatic heterocycles. The highest BCUT2D eigenvalue weighted by Crippen LogP contribution is 2.43. The molecule has 1 heterocycles. The van der Waals surface area contributed by atoms with Gasteiger partial charge in [0.25, 0.3) is 0 Å². The van der Waals surface area contributed by atoms with Crippen molar-refractivity contribution >= 4 is 11.3 Å². The third-order valence-electron chi connectivity index (χ3n) is 5.39. The van der Waals surface area contributed by atoms with Crippen LogP contribution in [0.2, 0.25) is 0 Å². The van der Waals surface area contributed by atoms with Crippen molar-refractivity contribution in [3.05, 3.63) is 15.6 Å². The summed E-state index contributed by atoms with van der Waals surface area (Å²) in [6.45, 7) is 6.71. The van der Waals surface area contributed by atoms with Crippen molar-refractivity contribution in [3.8, 4) is 0 Å². The summed E-state index contributed by atoms with van der Waals surface area (Å²) in [5.74, 6) is 0.944. The van der Waals surface area contributed by atoms with Gasteiger partial charge in [-0.25, -0.2) is 4.98 Å². The van der Waals surface area contributed by atoms with Gasteiger partial charge in [0.1, 0.15) is 5.01 Å². The zero-order valence-corrected chi connectivity index (χ0v) is 14.7. The largest absolute Gasteiger partial charge is 0.303 e. The Morgan fingerprint density at radius 3 is 2.62 bits per heavy atom. The molecule has 0 aromatic carbocycles. The number of hydrogen-bond donors (Lipinski definition) is 1. The van der Waals surface area contributed by atoms with Crippen LogP contribution in [0.5, 0.6) is 0 Å². The van der Waals surface area contributed by atoms with E-state index in [1.54, 1.807) is 0 Å². The molecular weight excluding hydrogens is 276 g/mol. The maximum atomic E-state index is 4.96. The minimum Gasteiger partial charge on any atom is -0.303 e. The van der Waals surface area contributed by atoms with Gasteiger partial charge in [-0.05, 0) is 51.9 Å². The minimum absolute atomic E-state index is 0.188. The van der Waals surface area contributed by atoms with E-state index in [2.05, 4.69) is 26.1 Å². The molecule has 0 aliphatic heterocycles. The average Bonchev–Trinajstić information content (AvgIpc) is 3.23. The van der Waals surface area contributed by atoms with Gasteiger partial charge in [-0.15, -0.1) is 11.3 Å². The van der Waals surface area contributed by atoms with E-state index in [-0.39, 0.29) is 5.54 Å². The fourth-order valence-corrected chi connectivity index (χ4v) is 4.95. The van der Waals surface area contributed by atoms with Gasteiger partial charge in [0.2, 0.25) is 0 Å². The highest BCUT2D eigenvalue weighted by molar-refractivity contribution is 7.11. The van der Waals surface area contributed by atoms with E-state index >= 15 is 0 Å². The summed E-state index contributed by atoms with van der Waals surface area (Å²) in [7, 11) is 0. The van der Waals surface area contributed by atoms with Crippen LogP contribution < -0.4 is 5.32 Å². The molecular formula is C18H30N2S. The molecule has 3 heteroatoms. The summed E-state index contributed by atoms with van der Waals surface area (Å²) in [5.41, 5.74) is 1.43. The van der Waals surface area contributed by atoms with Crippen LogP contribution in [0.15, 0.2) is 0 Å². The van der Waals surface area contributed by atoms with E-state index in [9.17, 15) is 0 Å². The van der Waals surface area contributed by atoms with Crippen molar-refractivity contribution in [2.24, 2.45) is 5.92 Å². The maximum absolute atomic E-state index is 4.96. The Morgan fingerprint density at radius 2 is 2.00 bits per heavy atom. The molecule has 2 atom stereocenters. The predicted octanol–water partition coefficient (Wildman–Crippen LogP) is 5.09. The Hall–Kier alpha value is -0.410. The van der Waals surface area contributed by atoms with Crippen molar-refractivity contribution in [1.82, 2.24) is 10.3 Å². The van der Waals surface area contributed by atoms with Crippen LogP contribution in [0.4, 0.5) is 0 Å². The molecule has 2 aliphatic rings. The number of aromatic nitrogens is 1. The number of aryl methyl sites for hydroxylation is 2. The normalized spacial score (nSPS) is 30.3. The second-order valence-electron chi connectivity index (χ2n) is 7.25. The summed E-state index contributed by atoms with van der Waals surface area (Å²) in [4.78, 5) is 6.35. The SMILES string of the molecule is CCCC1CCCC(NC2CC2)(c2nc(C)c(C)s2)CC1. The molecule has 0 spiro atoms. The molecule has 1 aromatic rings. The molecule has 0 radical (unpaired) electrons. The second-order valence-corrected chi connectivity index (χ2v) is 8.45. The lowest BCUT2D eigenvalue weighted by Crippen LogP contribution is -2.43. The van der Waals surface area contributed by atoms with E-state index in [0.29, 0.717) is 0 Å². The van der Waals surface area contributed by atoms with Crippen LogP contribution in [-0.4, -0.2) is 11.0 Å². The van der Waals surface area contributed by atoms with Crippen molar-refractivity contribution in [2.75, 3.05) is 0 Å². The topological polar surface area (TPSA) is 24.9 Å². The van der Waals surface area contributed by atoms with Crippen molar-refractivity contribution in [2.45, 2.75) is 90.1 Å². The molecule has 2 saturated carbocycles. The maximum Gasteiger partial charge on any atom is 0.113 e. The number of nitrogens with zero attached hydrogens (tertiary/aromatic N) is 1. The zero-order chi connectivity index (χ0) is 14.9. The molecule has 2 aliphatic carbocycles. The van der Waals surface area contributed by atoms with Crippen LogP contribution in [0.25, 0.3) is 0 Å². The quantitative estimate of drug-likeness (QED) is 0.767. The van der Waals surface area contributed by atoms with Crippen LogP contribution in [0, 0.1) is 19.8 Å². The lowest BCUT2D eigenvalue weighted by molar-refractivity contribution is 0.279. The third kappa shape index (κ3) is 3.50. The van der Waals surface area contributed by atoms with Crippen LogP contribution >= 0.6 is 11.3 Å². The van der Waals surface area contributed by atoms with Crippen LogP contribution in [0.3, 0.4) is 0 Å². The van der Waals surface area contributed by atoms with Crippen molar-refractivity contribution in [1.29, 1.82) is 0 Å². The van der Waals surface area contributed by atoms with E-state index in [1.807, 2.05) is 11.3 Å². The molecule has 2 fully saturated rings. The Morgan fingerprint density at radius 1 is 1.19 bits per heavy atom. The molecule has 0 saturated heterocycles. The van der Waals surface area contributed by atoms with Gasteiger partial charge in [-0.2, -0.15) is 0 Å². The first-order valence-electron chi connectivity index (χ1n) is 8.85. The first-order valence-corrected chi connectivity index (χ1v) is 9.67. The van der Waals surface area contributed by atoms with Gasteiger partial charge in [-0.1, -0.05) is 32.6 Å². The lowest BCUT2D eigenvalue weighted by Gasteiger charge is -2.32. The van der Waals surface area contributed by atoms with Gasteiger partial charge in [0.15, 0.2) is 0 Å². The fourth-order valence-electron chi connectivity index (χ4n) is 3.83. The number of thiazole rings is 1. The molecule has 1 N–H and O–H groups in total. The smallest absolute Gasteiger partial charge is 0.113 e. The second kappa shape index (κ2) is 6.37. The molecule has 3 rings (SSSR count). The summed E-state index contributed by atoms with van der Waals surface area (Å²) >= 11 is 1.94. The monoisotopic (exact) mass is 306 g/mol. The minimum atomic E-state index is 0.188. The van der Waals surface area contributed by atoms with Gasteiger partial charge in [-0.3, -0.25) is 0 Å². The van der Waals surface area contributed by atoms with E-state index < -0.39 is 0 Å². The average molecular weight is 307 g/mol. The van der Waals surface area contributed by atoms with Gasteiger partial charge in [0.05, 0.1) is 11.2 Å². The molecule has 118 valence electrons. The number of rotatable bonds is 5. The van der Waals surface area contributed by atoms with Gasteiger partial charge in [0, 0.05) is 10.9 Å². The Bertz CT molecular complexity index is 458. The number of nitrogens with one attached hydrogen (secondary N) is 1. The van der Waals surface area contributed by atoms with E-state index in [1.165, 1.54) is 73.4 Å². The predicted molar refractivity (Wildman–Crippen MR) is 90.9 cm³/mol. The Kier molecular flexibility index (Phi) is 4.70. The van der Waals surface area contributed by atoms with Crippen LogP contribution in [-0.2, 0) is 5.54 Å². The Balaban J connectivity index is 1.82. The van der Waals surface area contributed by atoms with Gasteiger partial charge < -0.3 is 5.32 Å². The summed E-state index contributed by atoms with van der Waals surface area (Å²) in [6.07, 6.45) is 12.2. The first-order chi connectivity index (χ1) is 10.1. The molecule has 21 heavy (non-hydrogen) atoms. The molecule has 0 amide bonds. The Labute approximate surface area is 133 Å². The summed E-state index contributed by atoms with van der Waals surface area (Å²) in [6, 6.07) is 0.761. The highest BCUT2D eigenvalue weighted by atomic mass is 32.1. The van der Waals surface area contributed by atoms with E-state index in [4.69, 9.17) is 4.98 Å². The van der Waals surface area contributed by atoms with Gasteiger partial charge >= 0.3 is 0 Å². The lowest BCUT2D eigenvalue weighted by atomic mass is 9.89. The van der Waals surface area contributed by atoms with Crippen molar-refractivity contribution in [3.63, 3.8) is 0 Å². The third-order valence-corrected chi connectivity index (χ3v) is 6.66.